The van der Waals surface area contributed by atoms with Crippen molar-refractivity contribution in [2.24, 2.45) is 0 Å². The fourth-order valence-electron chi connectivity index (χ4n) is 1.96. The summed E-state index contributed by atoms with van der Waals surface area (Å²) in [7, 11) is -3.09. The van der Waals surface area contributed by atoms with Gasteiger partial charge < -0.3 is 0 Å². The van der Waals surface area contributed by atoms with E-state index >= 15 is 0 Å². The van der Waals surface area contributed by atoms with Crippen molar-refractivity contribution < 1.29 is 8.42 Å². The molecule has 1 saturated heterocycles. The summed E-state index contributed by atoms with van der Waals surface area (Å²) >= 11 is 0. The molecule has 0 aliphatic carbocycles. The molecule has 17 heavy (non-hydrogen) atoms. The third kappa shape index (κ3) is 2.84. The van der Waals surface area contributed by atoms with Gasteiger partial charge in [-0.3, -0.25) is 0 Å². The number of hydrogen-bond acceptors (Lipinski definition) is 3. The smallest absolute Gasteiger partial charge is 0.212 e. The highest BCUT2D eigenvalue weighted by Gasteiger charge is 2.25. The Morgan fingerprint density at radius 2 is 2.18 bits per heavy atom. The molecule has 0 amide bonds. The molecule has 0 radical (unpaired) electrons. The van der Waals surface area contributed by atoms with Gasteiger partial charge in [0.15, 0.2) is 0 Å². The van der Waals surface area contributed by atoms with Gasteiger partial charge in [-0.2, -0.15) is 9.57 Å². The van der Waals surface area contributed by atoms with E-state index in [0.717, 1.165) is 18.4 Å². The van der Waals surface area contributed by atoms with Crippen molar-refractivity contribution >= 4 is 10.0 Å². The highest BCUT2D eigenvalue weighted by molar-refractivity contribution is 7.89. The Morgan fingerprint density at radius 3 is 2.88 bits per heavy atom. The molecule has 1 aliphatic heterocycles. The molecule has 90 valence electrons. The summed E-state index contributed by atoms with van der Waals surface area (Å²) in [6, 6.07) is 9.15. The first kappa shape index (κ1) is 12.1. The van der Waals surface area contributed by atoms with Gasteiger partial charge in [0.05, 0.1) is 17.4 Å². The van der Waals surface area contributed by atoms with Crippen LogP contribution in [0.3, 0.4) is 0 Å². The molecule has 0 aromatic heterocycles. The van der Waals surface area contributed by atoms with E-state index in [-0.39, 0.29) is 5.75 Å². The van der Waals surface area contributed by atoms with Crippen LogP contribution < -0.4 is 0 Å². The lowest BCUT2D eigenvalue weighted by Gasteiger charge is -2.26. The lowest BCUT2D eigenvalue weighted by molar-refractivity contribution is 0.378. The maximum absolute atomic E-state index is 11.8. The number of benzene rings is 1. The fourth-order valence-corrected chi connectivity index (χ4v) is 3.54. The first-order valence-corrected chi connectivity index (χ1v) is 7.19. The van der Waals surface area contributed by atoms with Gasteiger partial charge in [-0.05, 0) is 30.5 Å². The zero-order valence-corrected chi connectivity index (χ0v) is 10.3. The van der Waals surface area contributed by atoms with Gasteiger partial charge in [0.2, 0.25) is 10.0 Å². The summed E-state index contributed by atoms with van der Waals surface area (Å²) in [4.78, 5) is 0. The molecule has 1 heterocycles. The molecule has 1 aromatic rings. The number of sulfonamides is 1. The van der Waals surface area contributed by atoms with Crippen molar-refractivity contribution in [2.45, 2.75) is 19.4 Å². The van der Waals surface area contributed by atoms with Crippen LogP contribution in [0.1, 0.15) is 24.0 Å². The molecule has 5 heteroatoms. The molecule has 1 aliphatic rings. The fraction of sp³-hybridized carbons (Fsp3) is 0.417. The minimum Gasteiger partial charge on any atom is -0.212 e. The average molecular weight is 250 g/mol. The Labute approximate surface area is 102 Å². The second kappa shape index (κ2) is 4.86. The number of nitriles is 1. The molecule has 0 bridgehead atoms. The highest BCUT2D eigenvalue weighted by atomic mass is 32.2. The second-order valence-electron chi connectivity index (χ2n) is 4.17. The third-order valence-electron chi connectivity index (χ3n) is 2.87. The standard InChI is InChI=1S/C12H14N2O2S/c13-9-11-4-3-5-12(8-11)10-14-6-1-2-7-17(14,15)16/h3-5,8H,1-2,6-7,10H2. The quantitative estimate of drug-likeness (QED) is 0.798. The van der Waals surface area contributed by atoms with Gasteiger partial charge >= 0.3 is 0 Å². The van der Waals surface area contributed by atoms with Crippen LogP contribution in [-0.4, -0.2) is 25.0 Å². The summed E-state index contributed by atoms with van der Waals surface area (Å²) < 4.78 is 25.1. The van der Waals surface area contributed by atoms with Crippen molar-refractivity contribution in [3.05, 3.63) is 35.4 Å². The lowest BCUT2D eigenvalue weighted by atomic mass is 10.1. The zero-order chi connectivity index (χ0) is 12.3. The normalized spacial score (nSPS) is 19.7. The Bertz CT molecular complexity index is 546. The van der Waals surface area contributed by atoms with Crippen molar-refractivity contribution in [1.29, 1.82) is 5.26 Å². The lowest BCUT2D eigenvalue weighted by Crippen LogP contribution is -2.37. The summed E-state index contributed by atoms with van der Waals surface area (Å²) in [6.07, 6.45) is 1.66. The van der Waals surface area contributed by atoms with E-state index in [1.807, 2.05) is 6.07 Å². The predicted molar refractivity (Wildman–Crippen MR) is 64.6 cm³/mol. The van der Waals surface area contributed by atoms with Crippen LogP contribution in [0.5, 0.6) is 0 Å². The molecular formula is C12H14N2O2S. The van der Waals surface area contributed by atoms with Crippen LogP contribution in [-0.2, 0) is 16.6 Å². The van der Waals surface area contributed by atoms with Crippen LogP contribution in [0.15, 0.2) is 24.3 Å². The Kier molecular flexibility index (Phi) is 3.46. The Balaban J connectivity index is 2.17. The van der Waals surface area contributed by atoms with Crippen LogP contribution in [0.2, 0.25) is 0 Å². The molecule has 1 fully saturated rings. The highest BCUT2D eigenvalue weighted by Crippen LogP contribution is 2.17. The number of nitrogens with zero attached hydrogens (tertiary/aromatic N) is 2. The van der Waals surface area contributed by atoms with Gasteiger partial charge in [0, 0.05) is 13.1 Å². The summed E-state index contributed by atoms with van der Waals surface area (Å²) in [5, 5.41) is 8.79. The zero-order valence-electron chi connectivity index (χ0n) is 9.46. The summed E-state index contributed by atoms with van der Waals surface area (Å²) in [6.45, 7) is 0.955. The molecule has 0 spiro atoms. The van der Waals surface area contributed by atoms with Crippen molar-refractivity contribution in [1.82, 2.24) is 4.31 Å². The molecule has 0 saturated carbocycles. The second-order valence-corrected chi connectivity index (χ2v) is 6.26. The summed E-state index contributed by atoms with van der Waals surface area (Å²) in [5.74, 6) is 0.241. The largest absolute Gasteiger partial charge is 0.214 e. The number of rotatable bonds is 2. The van der Waals surface area contributed by atoms with Gasteiger partial charge in [-0.25, -0.2) is 8.42 Å². The average Bonchev–Trinajstić information content (AvgIpc) is 2.32. The topological polar surface area (TPSA) is 61.2 Å². The Morgan fingerprint density at radius 1 is 1.35 bits per heavy atom. The van der Waals surface area contributed by atoms with E-state index in [9.17, 15) is 8.42 Å². The maximum atomic E-state index is 11.8. The molecule has 4 nitrogen and oxygen atoms in total. The Hall–Kier alpha value is -1.38. The molecule has 2 rings (SSSR count). The van der Waals surface area contributed by atoms with Gasteiger partial charge in [-0.15, -0.1) is 0 Å². The van der Waals surface area contributed by atoms with Crippen LogP contribution in [0.25, 0.3) is 0 Å². The van der Waals surface area contributed by atoms with Gasteiger partial charge in [-0.1, -0.05) is 12.1 Å². The SMILES string of the molecule is N#Cc1cccc(CN2CCCCS2(=O)=O)c1. The third-order valence-corrected chi connectivity index (χ3v) is 4.77. The minimum absolute atomic E-state index is 0.241. The van der Waals surface area contributed by atoms with E-state index < -0.39 is 10.0 Å². The van der Waals surface area contributed by atoms with Gasteiger partial charge in [0.1, 0.15) is 0 Å². The van der Waals surface area contributed by atoms with Crippen LogP contribution >= 0.6 is 0 Å². The monoisotopic (exact) mass is 250 g/mol. The molecule has 0 unspecified atom stereocenters. The van der Waals surface area contributed by atoms with E-state index in [2.05, 4.69) is 6.07 Å². The van der Waals surface area contributed by atoms with Crippen LogP contribution in [0, 0.1) is 11.3 Å². The first-order chi connectivity index (χ1) is 8.12. The van der Waals surface area contributed by atoms with E-state index in [1.165, 1.54) is 4.31 Å². The molecule has 0 atom stereocenters. The van der Waals surface area contributed by atoms with Crippen LogP contribution in [0.4, 0.5) is 0 Å². The molecule has 1 aromatic carbocycles. The number of hydrogen-bond donors (Lipinski definition) is 0. The van der Waals surface area contributed by atoms with E-state index in [0.29, 0.717) is 18.7 Å². The van der Waals surface area contributed by atoms with Crippen molar-refractivity contribution in [2.75, 3.05) is 12.3 Å². The predicted octanol–water partition coefficient (Wildman–Crippen LogP) is 1.48. The van der Waals surface area contributed by atoms with E-state index in [4.69, 9.17) is 5.26 Å². The first-order valence-electron chi connectivity index (χ1n) is 5.59. The molecule has 0 N–H and O–H groups in total. The molecular weight excluding hydrogens is 236 g/mol. The van der Waals surface area contributed by atoms with E-state index in [1.54, 1.807) is 18.2 Å². The van der Waals surface area contributed by atoms with Crippen molar-refractivity contribution in [3.63, 3.8) is 0 Å². The van der Waals surface area contributed by atoms with Crippen molar-refractivity contribution in [3.8, 4) is 6.07 Å². The van der Waals surface area contributed by atoms with Gasteiger partial charge in [0.25, 0.3) is 0 Å². The summed E-state index contributed by atoms with van der Waals surface area (Å²) in [5.41, 5.74) is 1.44. The minimum atomic E-state index is -3.09. The maximum Gasteiger partial charge on any atom is 0.214 e.